The Morgan fingerprint density at radius 1 is 1.32 bits per heavy atom. The molecule has 0 saturated heterocycles. The first-order chi connectivity index (χ1) is 12.1. The molecule has 1 aromatic carbocycles. The van der Waals surface area contributed by atoms with Gasteiger partial charge in [-0.25, -0.2) is 4.68 Å². The normalized spacial score (nSPS) is 10.5. The van der Waals surface area contributed by atoms with Gasteiger partial charge in [-0.1, -0.05) is 17.7 Å². The number of rotatable bonds is 5. The molecule has 3 rings (SSSR count). The van der Waals surface area contributed by atoms with E-state index >= 15 is 0 Å². The Kier molecular flexibility index (Phi) is 5.00. The Bertz CT molecular complexity index is 880. The number of ether oxygens (including phenoxy) is 1. The van der Waals surface area contributed by atoms with Crippen LogP contribution in [0.4, 0.5) is 0 Å². The van der Waals surface area contributed by atoms with Gasteiger partial charge in [0, 0.05) is 26.0 Å². The maximum atomic E-state index is 12.6. The Balaban J connectivity index is 1.72. The highest BCUT2D eigenvalue weighted by Crippen LogP contribution is 2.25. The standard InChI is InChI=1S/C18H17ClN4O2/c1-22(11-13-5-6-17(25-2)16(19)8-13)18(24)14-9-21-23(12-14)15-4-3-7-20-10-15/h3-10,12H,11H2,1-2H3. The topological polar surface area (TPSA) is 60.2 Å². The van der Waals surface area contributed by atoms with Gasteiger partial charge in [-0.2, -0.15) is 5.10 Å². The summed E-state index contributed by atoms with van der Waals surface area (Å²) in [4.78, 5) is 18.3. The number of hydrogen-bond donors (Lipinski definition) is 0. The molecule has 0 N–H and O–H groups in total. The van der Waals surface area contributed by atoms with Crippen molar-refractivity contribution in [2.45, 2.75) is 6.54 Å². The van der Waals surface area contributed by atoms with Crippen molar-refractivity contribution in [3.05, 3.63) is 71.3 Å². The van der Waals surface area contributed by atoms with Crippen molar-refractivity contribution in [2.24, 2.45) is 0 Å². The maximum absolute atomic E-state index is 12.6. The van der Waals surface area contributed by atoms with Crippen LogP contribution >= 0.6 is 11.6 Å². The summed E-state index contributed by atoms with van der Waals surface area (Å²) < 4.78 is 6.76. The fraction of sp³-hybridized carbons (Fsp3) is 0.167. The summed E-state index contributed by atoms with van der Waals surface area (Å²) in [5.74, 6) is 0.485. The molecule has 2 aromatic heterocycles. The van der Waals surface area contributed by atoms with E-state index in [0.717, 1.165) is 11.3 Å². The molecule has 6 nitrogen and oxygen atoms in total. The minimum atomic E-state index is -0.123. The van der Waals surface area contributed by atoms with Gasteiger partial charge in [-0.3, -0.25) is 9.78 Å². The fourth-order valence-corrected chi connectivity index (χ4v) is 2.72. The highest BCUT2D eigenvalue weighted by atomic mass is 35.5. The molecule has 0 aliphatic heterocycles. The van der Waals surface area contributed by atoms with E-state index in [1.54, 1.807) is 60.7 Å². The van der Waals surface area contributed by atoms with Crippen molar-refractivity contribution in [1.29, 1.82) is 0 Å². The van der Waals surface area contributed by atoms with Crippen LogP contribution in [0.5, 0.6) is 5.75 Å². The van der Waals surface area contributed by atoms with Gasteiger partial charge in [0.1, 0.15) is 5.75 Å². The van der Waals surface area contributed by atoms with Crippen LogP contribution in [-0.4, -0.2) is 39.7 Å². The Hall–Kier alpha value is -2.86. The molecule has 2 heterocycles. The lowest BCUT2D eigenvalue weighted by molar-refractivity contribution is 0.0785. The van der Waals surface area contributed by atoms with E-state index in [9.17, 15) is 4.79 Å². The summed E-state index contributed by atoms with van der Waals surface area (Å²) in [6.45, 7) is 0.431. The second kappa shape index (κ2) is 7.36. The number of carbonyl (C=O) groups is 1. The van der Waals surface area contributed by atoms with Gasteiger partial charge in [0.05, 0.1) is 35.8 Å². The number of nitrogens with zero attached hydrogens (tertiary/aromatic N) is 4. The Morgan fingerprint density at radius 2 is 2.16 bits per heavy atom. The van der Waals surface area contributed by atoms with Crippen molar-refractivity contribution >= 4 is 17.5 Å². The zero-order valence-corrected chi connectivity index (χ0v) is 14.6. The average molecular weight is 357 g/mol. The largest absolute Gasteiger partial charge is 0.495 e. The van der Waals surface area contributed by atoms with Crippen LogP contribution < -0.4 is 4.74 Å². The third-order valence-corrected chi connectivity index (χ3v) is 4.02. The van der Waals surface area contributed by atoms with E-state index in [2.05, 4.69) is 10.1 Å². The van der Waals surface area contributed by atoms with E-state index in [-0.39, 0.29) is 5.91 Å². The van der Waals surface area contributed by atoms with Gasteiger partial charge in [0.15, 0.2) is 0 Å². The summed E-state index contributed by atoms with van der Waals surface area (Å²) in [5, 5.41) is 4.74. The Morgan fingerprint density at radius 3 is 2.84 bits per heavy atom. The molecule has 7 heteroatoms. The number of amides is 1. The summed E-state index contributed by atoms with van der Waals surface area (Å²) >= 11 is 6.13. The molecular weight excluding hydrogens is 340 g/mol. The van der Waals surface area contributed by atoms with Crippen LogP contribution in [0, 0.1) is 0 Å². The molecule has 0 saturated carbocycles. The summed E-state index contributed by atoms with van der Waals surface area (Å²) in [7, 11) is 3.30. The number of benzene rings is 1. The summed E-state index contributed by atoms with van der Waals surface area (Å²) in [5.41, 5.74) is 2.22. The summed E-state index contributed by atoms with van der Waals surface area (Å²) in [6, 6.07) is 9.16. The zero-order valence-electron chi connectivity index (χ0n) is 13.9. The van der Waals surface area contributed by atoms with Crippen molar-refractivity contribution in [1.82, 2.24) is 19.7 Å². The average Bonchev–Trinajstić information content (AvgIpc) is 3.12. The number of aromatic nitrogens is 3. The minimum absolute atomic E-state index is 0.123. The third kappa shape index (κ3) is 3.80. The highest BCUT2D eigenvalue weighted by Gasteiger charge is 2.15. The van der Waals surface area contributed by atoms with E-state index < -0.39 is 0 Å². The predicted octanol–water partition coefficient (Wildman–Crippen LogP) is 3.20. The predicted molar refractivity (Wildman–Crippen MR) is 95.2 cm³/mol. The van der Waals surface area contributed by atoms with Crippen molar-refractivity contribution in [3.8, 4) is 11.4 Å². The molecule has 0 aliphatic rings. The fourth-order valence-electron chi connectivity index (χ4n) is 2.44. The number of pyridine rings is 1. The van der Waals surface area contributed by atoms with E-state index in [1.807, 2.05) is 18.2 Å². The van der Waals surface area contributed by atoms with Gasteiger partial charge in [0.2, 0.25) is 0 Å². The van der Waals surface area contributed by atoms with Gasteiger partial charge in [-0.15, -0.1) is 0 Å². The van der Waals surface area contributed by atoms with Crippen LogP contribution in [0.15, 0.2) is 55.1 Å². The second-order valence-corrected chi connectivity index (χ2v) is 5.92. The van der Waals surface area contributed by atoms with Gasteiger partial charge in [0.25, 0.3) is 5.91 Å². The molecule has 1 amide bonds. The molecular formula is C18H17ClN4O2. The first kappa shape index (κ1) is 17.0. The SMILES string of the molecule is COc1ccc(CN(C)C(=O)c2cnn(-c3cccnc3)c2)cc1Cl. The van der Waals surface area contributed by atoms with Crippen LogP contribution in [0.1, 0.15) is 15.9 Å². The zero-order chi connectivity index (χ0) is 17.8. The first-order valence-corrected chi connectivity index (χ1v) is 7.99. The first-order valence-electron chi connectivity index (χ1n) is 7.61. The minimum Gasteiger partial charge on any atom is -0.495 e. The van der Waals surface area contributed by atoms with Crippen LogP contribution in [0.3, 0.4) is 0 Å². The molecule has 0 aliphatic carbocycles. The van der Waals surface area contributed by atoms with Gasteiger partial charge < -0.3 is 9.64 Å². The molecule has 0 radical (unpaired) electrons. The Labute approximate surface area is 150 Å². The molecule has 128 valence electrons. The molecule has 3 aromatic rings. The lowest BCUT2D eigenvalue weighted by atomic mass is 10.2. The van der Waals surface area contributed by atoms with Gasteiger partial charge >= 0.3 is 0 Å². The number of halogens is 1. The number of hydrogen-bond acceptors (Lipinski definition) is 4. The monoisotopic (exact) mass is 356 g/mol. The molecule has 0 unspecified atom stereocenters. The molecule has 25 heavy (non-hydrogen) atoms. The summed E-state index contributed by atoms with van der Waals surface area (Å²) in [6.07, 6.45) is 6.61. The molecule has 0 atom stereocenters. The van der Waals surface area contributed by atoms with Crippen molar-refractivity contribution in [3.63, 3.8) is 0 Å². The van der Waals surface area contributed by atoms with E-state index in [1.165, 1.54) is 0 Å². The lowest BCUT2D eigenvalue weighted by Gasteiger charge is -2.17. The highest BCUT2D eigenvalue weighted by molar-refractivity contribution is 6.32. The quantitative estimate of drug-likeness (QED) is 0.704. The maximum Gasteiger partial charge on any atom is 0.257 e. The number of carbonyl (C=O) groups excluding carboxylic acids is 1. The molecule has 0 spiro atoms. The van der Waals surface area contributed by atoms with Crippen LogP contribution in [0.25, 0.3) is 5.69 Å². The van der Waals surface area contributed by atoms with E-state index in [0.29, 0.717) is 22.9 Å². The number of methoxy groups -OCH3 is 1. The van der Waals surface area contributed by atoms with Gasteiger partial charge in [-0.05, 0) is 29.8 Å². The van der Waals surface area contributed by atoms with Crippen molar-refractivity contribution in [2.75, 3.05) is 14.2 Å². The lowest BCUT2D eigenvalue weighted by Crippen LogP contribution is -2.25. The third-order valence-electron chi connectivity index (χ3n) is 3.72. The van der Waals surface area contributed by atoms with Crippen LogP contribution in [0.2, 0.25) is 5.02 Å². The van der Waals surface area contributed by atoms with Crippen LogP contribution in [-0.2, 0) is 6.54 Å². The van der Waals surface area contributed by atoms with E-state index in [4.69, 9.17) is 16.3 Å². The second-order valence-electron chi connectivity index (χ2n) is 5.51. The smallest absolute Gasteiger partial charge is 0.257 e. The molecule has 0 fully saturated rings. The molecule has 0 bridgehead atoms. The van der Waals surface area contributed by atoms with Crippen molar-refractivity contribution < 1.29 is 9.53 Å².